The van der Waals surface area contributed by atoms with E-state index in [1.807, 2.05) is 0 Å². The SMILES string of the molecule is CCO[SiH](CCC(C)C1CCC2(C)OC2C1)OCC. The van der Waals surface area contributed by atoms with E-state index in [1.54, 1.807) is 0 Å². The Balaban J connectivity index is 1.70. The molecule has 0 aromatic carbocycles. The first-order chi connectivity index (χ1) is 9.09. The van der Waals surface area contributed by atoms with E-state index in [0.717, 1.165) is 31.1 Å². The molecule has 2 fully saturated rings. The van der Waals surface area contributed by atoms with Crippen LogP contribution in [0.3, 0.4) is 0 Å². The maximum absolute atomic E-state index is 5.81. The summed E-state index contributed by atoms with van der Waals surface area (Å²) < 4.78 is 17.3. The summed E-state index contributed by atoms with van der Waals surface area (Å²) in [5, 5.41) is 0. The molecule has 0 radical (unpaired) electrons. The highest BCUT2D eigenvalue weighted by atomic mass is 28.3. The van der Waals surface area contributed by atoms with Crippen LogP contribution in [0.4, 0.5) is 0 Å². The van der Waals surface area contributed by atoms with Crippen LogP contribution in [-0.2, 0) is 13.6 Å². The number of fused-ring (bicyclic) bond motifs is 1. The van der Waals surface area contributed by atoms with E-state index in [-0.39, 0.29) is 5.60 Å². The van der Waals surface area contributed by atoms with Crippen LogP contribution in [0.15, 0.2) is 0 Å². The topological polar surface area (TPSA) is 31.0 Å². The molecule has 19 heavy (non-hydrogen) atoms. The van der Waals surface area contributed by atoms with Gasteiger partial charge in [-0.15, -0.1) is 0 Å². The number of hydrogen-bond acceptors (Lipinski definition) is 3. The first-order valence-electron chi connectivity index (χ1n) is 8.00. The Hall–Kier alpha value is 0.0969. The van der Waals surface area contributed by atoms with Crippen molar-refractivity contribution in [1.29, 1.82) is 0 Å². The largest absolute Gasteiger partial charge is 0.397 e. The Morgan fingerprint density at radius 3 is 2.58 bits per heavy atom. The van der Waals surface area contributed by atoms with Crippen molar-refractivity contribution in [2.75, 3.05) is 13.2 Å². The molecular weight excluding hydrogens is 256 g/mol. The molecule has 0 aromatic rings. The molecule has 3 nitrogen and oxygen atoms in total. The first kappa shape index (κ1) is 15.5. The van der Waals surface area contributed by atoms with Gasteiger partial charge in [-0.05, 0) is 64.3 Å². The molecular formula is C15H30O3Si. The van der Waals surface area contributed by atoms with Crippen LogP contribution < -0.4 is 0 Å². The van der Waals surface area contributed by atoms with E-state index in [0.29, 0.717) is 6.10 Å². The van der Waals surface area contributed by atoms with Crippen molar-refractivity contribution in [1.82, 2.24) is 0 Å². The highest BCUT2D eigenvalue weighted by Gasteiger charge is 2.55. The summed E-state index contributed by atoms with van der Waals surface area (Å²) >= 11 is 0. The van der Waals surface area contributed by atoms with Gasteiger partial charge in [0.25, 0.3) is 0 Å². The number of hydrogen-bond donors (Lipinski definition) is 0. The zero-order chi connectivity index (χ0) is 13.9. The molecule has 0 N–H and O–H groups in total. The van der Waals surface area contributed by atoms with Crippen LogP contribution in [0.2, 0.25) is 6.04 Å². The molecule has 2 aliphatic rings. The van der Waals surface area contributed by atoms with Gasteiger partial charge in [-0.2, -0.15) is 0 Å². The molecule has 1 saturated heterocycles. The predicted octanol–water partition coefficient (Wildman–Crippen LogP) is 3.26. The average Bonchev–Trinajstić information content (AvgIpc) is 3.06. The second kappa shape index (κ2) is 6.70. The van der Waals surface area contributed by atoms with Gasteiger partial charge in [0.15, 0.2) is 0 Å². The molecule has 4 heteroatoms. The van der Waals surface area contributed by atoms with E-state index < -0.39 is 9.28 Å². The van der Waals surface area contributed by atoms with E-state index >= 15 is 0 Å². The smallest absolute Gasteiger partial charge is 0.321 e. The normalized spacial score (nSPS) is 35.2. The Bertz CT molecular complexity index is 281. The Kier molecular flexibility index (Phi) is 5.46. The lowest BCUT2D eigenvalue weighted by molar-refractivity contribution is 0.204. The van der Waals surface area contributed by atoms with Crippen molar-refractivity contribution in [3.63, 3.8) is 0 Å². The van der Waals surface area contributed by atoms with E-state index in [9.17, 15) is 0 Å². The summed E-state index contributed by atoms with van der Waals surface area (Å²) in [5.74, 6) is 1.63. The molecule has 0 spiro atoms. The molecule has 0 amide bonds. The van der Waals surface area contributed by atoms with Crippen LogP contribution in [-0.4, -0.2) is 34.2 Å². The first-order valence-corrected chi connectivity index (χ1v) is 9.76. The minimum absolute atomic E-state index is 0.254. The van der Waals surface area contributed by atoms with Gasteiger partial charge >= 0.3 is 9.28 Å². The van der Waals surface area contributed by atoms with Crippen LogP contribution >= 0.6 is 0 Å². The summed E-state index contributed by atoms with van der Waals surface area (Å²) in [7, 11) is -1.39. The summed E-state index contributed by atoms with van der Waals surface area (Å²) in [6, 6.07) is 1.15. The molecule has 1 aliphatic heterocycles. The van der Waals surface area contributed by atoms with Crippen LogP contribution in [0.1, 0.15) is 53.4 Å². The van der Waals surface area contributed by atoms with Crippen molar-refractivity contribution in [2.24, 2.45) is 11.8 Å². The van der Waals surface area contributed by atoms with Crippen molar-refractivity contribution in [3.8, 4) is 0 Å². The van der Waals surface area contributed by atoms with Gasteiger partial charge in [0, 0.05) is 13.2 Å². The van der Waals surface area contributed by atoms with E-state index in [1.165, 1.54) is 25.7 Å². The molecule has 2 rings (SSSR count). The summed E-state index contributed by atoms with van der Waals surface area (Å²) in [6.45, 7) is 10.4. The molecule has 0 bridgehead atoms. The lowest BCUT2D eigenvalue weighted by Gasteiger charge is -2.28. The number of epoxide rings is 1. The second-order valence-corrected chi connectivity index (χ2v) is 8.45. The Labute approximate surface area is 119 Å². The number of ether oxygens (including phenoxy) is 1. The fourth-order valence-electron chi connectivity index (χ4n) is 3.41. The average molecular weight is 286 g/mol. The van der Waals surface area contributed by atoms with Crippen molar-refractivity contribution in [3.05, 3.63) is 0 Å². The molecule has 112 valence electrons. The molecule has 1 saturated carbocycles. The third kappa shape index (κ3) is 4.03. The van der Waals surface area contributed by atoms with Gasteiger partial charge in [-0.25, -0.2) is 0 Å². The quantitative estimate of drug-likeness (QED) is 0.507. The van der Waals surface area contributed by atoms with Crippen LogP contribution in [0, 0.1) is 11.8 Å². The lowest BCUT2D eigenvalue weighted by Crippen LogP contribution is -2.27. The van der Waals surface area contributed by atoms with Crippen LogP contribution in [0.5, 0.6) is 0 Å². The highest BCUT2D eigenvalue weighted by molar-refractivity contribution is 6.44. The molecule has 4 atom stereocenters. The maximum Gasteiger partial charge on any atom is 0.321 e. The Morgan fingerprint density at radius 1 is 1.32 bits per heavy atom. The third-order valence-corrected chi connectivity index (χ3v) is 7.15. The molecule has 4 unspecified atom stereocenters. The van der Waals surface area contributed by atoms with Gasteiger partial charge in [-0.1, -0.05) is 6.92 Å². The zero-order valence-electron chi connectivity index (χ0n) is 13.0. The third-order valence-electron chi connectivity index (χ3n) is 4.93. The van der Waals surface area contributed by atoms with E-state index in [2.05, 4.69) is 27.7 Å². The zero-order valence-corrected chi connectivity index (χ0v) is 14.1. The summed E-state index contributed by atoms with van der Waals surface area (Å²) in [5.41, 5.74) is 0.254. The minimum atomic E-state index is -1.39. The minimum Gasteiger partial charge on any atom is -0.397 e. The van der Waals surface area contributed by atoms with Crippen molar-refractivity contribution in [2.45, 2.75) is 71.1 Å². The standard InChI is InChI=1S/C15H30O3Si/c1-5-16-19(17-6-2)10-8-12(3)13-7-9-15(4)14(11-13)18-15/h12-14,19H,5-11H2,1-4H3. The van der Waals surface area contributed by atoms with E-state index in [4.69, 9.17) is 13.6 Å². The van der Waals surface area contributed by atoms with Crippen molar-refractivity contribution >= 4 is 9.28 Å². The van der Waals surface area contributed by atoms with Gasteiger partial charge in [0.05, 0.1) is 11.7 Å². The molecule has 0 aromatic heterocycles. The summed E-state index contributed by atoms with van der Waals surface area (Å²) in [6.07, 6.45) is 5.67. The lowest BCUT2D eigenvalue weighted by atomic mass is 9.76. The summed E-state index contributed by atoms with van der Waals surface area (Å²) in [4.78, 5) is 0. The van der Waals surface area contributed by atoms with Crippen LogP contribution in [0.25, 0.3) is 0 Å². The monoisotopic (exact) mass is 286 g/mol. The maximum atomic E-state index is 5.81. The number of rotatable bonds is 8. The fraction of sp³-hybridized carbons (Fsp3) is 1.00. The van der Waals surface area contributed by atoms with Gasteiger partial charge in [0.1, 0.15) is 0 Å². The second-order valence-electron chi connectivity index (χ2n) is 6.35. The van der Waals surface area contributed by atoms with Gasteiger partial charge < -0.3 is 13.6 Å². The highest BCUT2D eigenvalue weighted by Crippen LogP contribution is 2.51. The molecule has 1 heterocycles. The fourth-order valence-corrected chi connectivity index (χ4v) is 5.38. The van der Waals surface area contributed by atoms with Crippen molar-refractivity contribution < 1.29 is 13.6 Å². The Morgan fingerprint density at radius 2 is 2.00 bits per heavy atom. The van der Waals surface area contributed by atoms with Gasteiger partial charge in [0.2, 0.25) is 0 Å². The van der Waals surface area contributed by atoms with Gasteiger partial charge in [-0.3, -0.25) is 0 Å². The predicted molar refractivity (Wildman–Crippen MR) is 79.6 cm³/mol. The molecule has 1 aliphatic carbocycles.